The number of carbonyl (C=O) groups is 2. The van der Waals surface area contributed by atoms with E-state index in [1.165, 1.54) is 19.1 Å². The fourth-order valence-electron chi connectivity index (χ4n) is 3.04. The fraction of sp³-hybridized carbons (Fsp3) is 0.120. The van der Waals surface area contributed by atoms with Crippen LogP contribution >= 0.6 is 11.8 Å². The van der Waals surface area contributed by atoms with Crippen LogP contribution < -0.4 is 10.6 Å². The number of thioether (sulfide) groups is 1. The van der Waals surface area contributed by atoms with Gasteiger partial charge in [0.05, 0.1) is 5.25 Å². The molecule has 0 aliphatic heterocycles. The van der Waals surface area contributed by atoms with Crippen LogP contribution in [0.3, 0.4) is 0 Å². The Hall–Kier alpha value is -3.80. The van der Waals surface area contributed by atoms with Crippen molar-refractivity contribution in [3.8, 4) is 0 Å². The topological polar surface area (TPSA) is 58.2 Å². The van der Waals surface area contributed by atoms with E-state index in [2.05, 4.69) is 5.32 Å². The zero-order valence-corrected chi connectivity index (χ0v) is 19.6. The van der Waals surface area contributed by atoms with Gasteiger partial charge in [0, 0.05) is 16.7 Å². The van der Waals surface area contributed by atoms with Gasteiger partial charge in [-0.15, -0.1) is 11.8 Å². The molecule has 0 bridgehead atoms. The molecule has 0 aromatic heterocycles. The lowest BCUT2D eigenvalue weighted by molar-refractivity contribution is -0.143. The highest BCUT2D eigenvalue weighted by molar-refractivity contribution is 8.00. The average Bonchev–Trinajstić information content (AvgIpc) is 2.84. The highest BCUT2D eigenvalue weighted by Crippen LogP contribution is 2.38. The summed E-state index contributed by atoms with van der Waals surface area (Å²) in [5, 5.41) is 3.11. The van der Waals surface area contributed by atoms with Crippen LogP contribution in [0.15, 0.2) is 65.6 Å². The smallest absolute Gasteiger partial charge is 0.322 e. The molecule has 3 aromatic rings. The third-order valence-corrected chi connectivity index (χ3v) is 5.90. The molecule has 0 aliphatic carbocycles. The first kappa shape index (κ1) is 27.8. The zero-order valence-electron chi connectivity index (χ0n) is 18.8. The molecule has 0 heterocycles. The maximum Gasteiger partial charge on any atom is 0.422 e. The Morgan fingerprint density at radius 2 is 1.49 bits per heavy atom. The van der Waals surface area contributed by atoms with Crippen molar-refractivity contribution in [2.75, 3.05) is 10.6 Å². The van der Waals surface area contributed by atoms with Crippen molar-refractivity contribution in [3.05, 3.63) is 95.1 Å². The molecule has 0 radical (unpaired) electrons. The van der Waals surface area contributed by atoms with E-state index in [-0.39, 0.29) is 0 Å². The second-order valence-corrected chi connectivity index (χ2v) is 8.93. The van der Waals surface area contributed by atoms with Crippen LogP contribution in [-0.2, 0) is 15.8 Å². The predicted molar refractivity (Wildman–Crippen MR) is 126 cm³/mol. The molecule has 0 spiro atoms. The number of rotatable bonds is 7. The van der Waals surface area contributed by atoms with Crippen molar-refractivity contribution in [2.24, 2.45) is 0 Å². The molecular weight excluding hydrogens is 525 g/mol. The van der Waals surface area contributed by atoms with E-state index in [4.69, 9.17) is 0 Å². The summed E-state index contributed by atoms with van der Waals surface area (Å²) in [6, 6.07) is 15.2. The van der Waals surface area contributed by atoms with Crippen LogP contribution in [0.4, 0.5) is 42.1 Å². The normalized spacial score (nSPS) is 12.4. The number of halogens is 7. The summed E-state index contributed by atoms with van der Waals surface area (Å²) in [6.45, 7) is 1.29. The summed E-state index contributed by atoms with van der Waals surface area (Å²) in [7, 11) is 0. The van der Waals surface area contributed by atoms with Gasteiger partial charge in [0.1, 0.15) is 11.3 Å². The number of anilines is 2. The Labute approximate surface area is 210 Å². The summed E-state index contributed by atoms with van der Waals surface area (Å²) in [4.78, 5) is 25.0. The minimum atomic E-state index is -5.70. The van der Waals surface area contributed by atoms with Gasteiger partial charge in [-0.25, -0.2) is 17.6 Å². The van der Waals surface area contributed by atoms with E-state index in [0.717, 1.165) is 17.3 Å². The Morgan fingerprint density at radius 3 is 2.08 bits per heavy atom. The monoisotopic (exact) mass is 542 g/mol. The standard InChI is InChI=1S/C25H17F7N2O2S/c1-13(24(36)34-23-21(28)19(26)18(25(30,31)32)20(27)22(23)29)37-16-9-5-8-15(12-16)33-17(35)11-10-14-6-3-2-4-7-14/h2-13H,1H3,(H,33,35)(H,34,36)/b11-10+. The van der Waals surface area contributed by atoms with Crippen molar-refractivity contribution >= 4 is 41.0 Å². The van der Waals surface area contributed by atoms with Gasteiger partial charge in [0.2, 0.25) is 11.8 Å². The van der Waals surface area contributed by atoms with Gasteiger partial charge in [0.25, 0.3) is 0 Å². The molecule has 3 aromatic carbocycles. The van der Waals surface area contributed by atoms with E-state index < -0.39 is 57.8 Å². The van der Waals surface area contributed by atoms with Crippen LogP contribution in [0.25, 0.3) is 6.08 Å². The predicted octanol–water partition coefficient (Wildman–Crippen LogP) is 7.03. The molecule has 3 rings (SSSR count). The number of nitrogens with one attached hydrogen (secondary N) is 2. The van der Waals surface area contributed by atoms with Crippen LogP contribution in [0.1, 0.15) is 18.1 Å². The van der Waals surface area contributed by atoms with E-state index in [1.54, 1.807) is 41.7 Å². The van der Waals surface area contributed by atoms with E-state index in [9.17, 15) is 40.3 Å². The Bertz CT molecular complexity index is 1320. The molecule has 0 fully saturated rings. The highest BCUT2D eigenvalue weighted by Gasteiger charge is 2.42. The maximum atomic E-state index is 14.1. The van der Waals surface area contributed by atoms with Gasteiger partial charge in [-0.05, 0) is 36.8 Å². The number of hydrogen-bond donors (Lipinski definition) is 2. The Morgan fingerprint density at radius 1 is 0.865 bits per heavy atom. The summed E-state index contributed by atoms with van der Waals surface area (Å²) in [5.41, 5.74) is -3.24. The molecule has 1 unspecified atom stereocenters. The summed E-state index contributed by atoms with van der Waals surface area (Å²) >= 11 is 0.856. The number of hydrogen-bond acceptors (Lipinski definition) is 3. The van der Waals surface area contributed by atoms with Gasteiger partial charge >= 0.3 is 6.18 Å². The van der Waals surface area contributed by atoms with Crippen LogP contribution in [0.2, 0.25) is 0 Å². The zero-order chi connectivity index (χ0) is 27.3. The van der Waals surface area contributed by atoms with Crippen molar-refractivity contribution in [3.63, 3.8) is 0 Å². The third kappa shape index (κ3) is 6.91. The lowest BCUT2D eigenvalue weighted by atomic mass is 10.1. The SMILES string of the molecule is CC(Sc1cccc(NC(=O)/C=C/c2ccccc2)c1)C(=O)Nc1c(F)c(F)c(C(F)(F)F)c(F)c1F. The summed E-state index contributed by atoms with van der Waals surface area (Å²) in [5.74, 6) is -11.7. The molecule has 0 aliphatic rings. The lowest BCUT2D eigenvalue weighted by Gasteiger charge is -2.16. The van der Waals surface area contributed by atoms with Crippen molar-refractivity contribution in [2.45, 2.75) is 23.2 Å². The van der Waals surface area contributed by atoms with Gasteiger partial charge in [-0.1, -0.05) is 36.4 Å². The van der Waals surface area contributed by atoms with Gasteiger partial charge < -0.3 is 10.6 Å². The maximum absolute atomic E-state index is 14.1. The molecule has 2 N–H and O–H groups in total. The van der Waals surface area contributed by atoms with Crippen molar-refractivity contribution in [1.82, 2.24) is 0 Å². The molecule has 0 saturated heterocycles. The Kier molecular flexibility index (Phi) is 8.64. The molecule has 2 amide bonds. The average molecular weight is 542 g/mol. The fourth-order valence-corrected chi connectivity index (χ4v) is 3.97. The number of alkyl halides is 3. The second-order valence-electron chi connectivity index (χ2n) is 7.51. The number of benzene rings is 3. The molecule has 1 atom stereocenters. The van der Waals surface area contributed by atoms with Gasteiger partial charge in [0.15, 0.2) is 23.3 Å². The van der Waals surface area contributed by atoms with Gasteiger partial charge in [-0.3, -0.25) is 9.59 Å². The molecule has 0 saturated carbocycles. The van der Waals surface area contributed by atoms with Crippen LogP contribution in [0.5, 0.6) is 0 Å². The first-order chi connectivity index (χ1) is 17.4. The number of amides is 2. The second kappa shape index (κ2) is 11.5. The summed E-state index contributed by atoms with van der Waals surface area (Å²) in [6.07, 6.45) is -2.78. The largest absolute Gasteiger partial charge is 0.422 e. The molecule has 12 heteroatoms. The minimum Gasteiger partial charge on any atom is -0.322 e. The third-order valence-electron chi connectivity index (χ3n) is 4.81. The first-order valence-corrected chi connectivity index (χ1v) is 11.3. The lowest BCUT2D eigenvalue weighted by Crippen LogP contribution is -2.25. The highest BCUT2D eigenvalue weighted by atomic mass is 32.2. The Balaban J connectivity index is 1.69. The quantitative estimate of drug-likeness (QED) is 0.146. The van der Waals surface area contributed by atoms with Gasteiger partial charge in [-0.2, -0.15) is 13.2 Å². The van der Waals surface area contributed by atoms with Crippen LogP contribution in [-0.4, -0.2) is 17.1 Å². The first-order valence-electron chi connectivity index (χ1n) is 10.4. The molecule has 194 valence electrons. The van der Waals surface area contributed by atoms with E-state index in [0.29, 0.717) is 10.6 Å². The number of carbonyl (C=O) groups excluding carboxylic acids is 2. The van der Waals surface area contributed by atoms with Crippen molar-refractivity contribution < 1.29 is 40.3 Å². The van der Waals surface area contributed by atoms with E-state index >= 15 is 0 Å². The molecule has 37 heavy (non-hydrogen) atoms. The summed E-state index contributed by atoms with van der Waals surface area (Å²) < 4.78 is 94.0. The van der Waals surface area contributed by atoms with Crippen molar-refractivity contribution in [1.29, 1.82) is 0 Å². The van der Waals surface area contributed by atoms with E-state index in [1.807, 2.05) is 18.2 Å². The molecular formula is C25H17F7N2O2S. The van der Waals surface area contributed by atoms with Crippen LogP contribution in [0, 0.1) is 23.3 Å². The minimum absolute atomic E-state index is 0.365. The molecule has 4 nitrogen and oxygen atoms in total.